The Morgan fingerprint density at radius 2 is 2.00 bits per heavy atom. The van der Waals surface area contributed by atoms with Crippen LogP contribution in [-0.4, -0.2) is 38.8 Å². The average molecular weight is 435 g/mol. The van der Waals surface area contributed by atoms with Crippen molar-refractivity contribution in [3.63, 3.8) is 0 Å². The molecule has 9 nitrogen and oxygen atoms in total. The van der Waals surface area contributed by atoms with Gasteiger partial charge in [0.25, 0.3) is 11.8 Å². The molecule has 0 atom stereocenters. The Kier molecular flexibility index (Phi) is 5.13. The molecule has 1 aliphatic carbocycles. The van der Waals surface area contributed by atoms with E-state index in [1.807, 2.05) is 24.3 Å². The maximum Gasteiger partial charge on any atom is 0.322 e. The van der Waals surface area contributed by atoms with Crippen LogP contribution in [0.2, 0.25) is 0 Å². The summed E-state index contributed by atoms with van der Waals surface area (Å²) in [4.78, 5) is 29.6. The van der Waals surface area contributed by atoms with Gasteiger partial charge in [-0.3, -0.25) is 14.9 Å². The molecular weight excluding hydrogens is 418 g/mol. The van der Waals surface area contributed by atoms with Crippen molar-refractivity contribution in [1.82, 2.24) is 20.5 Å². The van der Waals surface area contributed by atoms with Crippen LogP contribution in [0.15, 0.2) is 62.6 Å². The van der Waals surface area contributed by atoms with Crippen LogP contribution in [0.4, 0.5) is 6.01 Å². The van der Waals surface area contributed by atoms with E-state index >= 15 is 0 Å². The quantitative estimate of drug-likeness (QED) is 0.423. The fourth-order valence-electron chi connectivity index (χ4n) is 2.97. The lowest BCUT2D eigenvalue weighted by Gasteiger charge is -2.09. The van der Waals surface area contributed by atoms with Crippen LogP contribution in [0.1, 0.15) is 23.2 Å². The number of amides is 2. The molecule has 1 aromatic carbocycles. The molecule has 2 amide bonds. The molecule has 0 aliphatic heterocycles. The highest BCUT2D eigenvalue weighted by molar-refractivity contribution is 7.99. The number of thioether (sulfide) groups is 1. The second-order valence-electron chi connectivity index (χ2n) is 7.00. The molecule has 2 N–H and O–H groups in total. The van der Waals surface area contributed by atoms with E-state index in [-0.39, 0.29) is 35.5 Å². The second-order valence-corrected chi connectivity index (χ2v) is 8.00. The summed E-state index contributed by atoms with van der Waals surface area (Å²) in [5, 5.41) is 14.6. The zero-order chi connectivity index (χ0) is 21.2. The molecule has 3 aromatic heterocycles. The molecule has 31 heavy (non-hydrogen) atoms. The highest BCUT2D eigenvalue weighted by Crippen LogP contribution is 2.26. The molecule has 1 fully saturated rings. The fraction of sp³-hybridized carbons (Fsp3) is 0.190. The van der Waals surface area contributed by atoms with E-state index in [1.165, 1.54) is 18.0 Å². The third-order valence-corrected chi connectivity index (χ3v) is 5.52. The number of carbonyl (C=O) groups excluding carboxylic acids is 2. The van der Waals surface area contributed by atoms with Gasteiger partial charge in [-0.05, 0) is 37.1 Å². The van der Waals surface area contributed by atoms with Gasteiger partial charge in [-0.25, -0.2) is 4.98 Å². The Morgan fingerprint density at radius 1 is 1.13 bits per heavy atom. The molecule has 0 radical (unpaired) electrons. The summed E-state index contributed by atoms with van der Waals surface area (Å²) in [5.74, 6) is 0.200. The predicted octanol–water partition coefficient (Wildman–Crippen LogP) is 3.50. The number of rotatable bonds is 7. The van der Waals surface area contributed by atoms with Gasteiger partial charge in [-0.1, -0.05) is 35.1 Å². The third kappa shape index (κ3) is 4.43. The lowest BCUT2D eigenvalue weighted by molar-refractivity contribution is -0.113. The van der Waals surface area contributed by atoms with Gasteiger partial charge in [-0.15, -0.1) is 5.10 Å². The number of nitrogens with zero attached hydrogens (tertiary/aromatic N) is 3. The zero-order valence-corrected chi connectivity index (χ0v) is 17.0. The number of pyridine rings is 1. The normalized spacial score (nSPS) is 13.3. The number of hydrogen-bond acceptors (Lipinski definition) is 8. The number of nitrogens with one attached hydrogen (secondary N) is 2. The maximum absolute atomic E-state index is 12.7. The number of carbonyl (C=O) groups is 2. The van der Waals surface area contributed by atoms with Crippen LogP contribution < -0.4 is 10.6 Å². The number of furan rings is 1. The molecule has 0 saturated heterocycles. The molecule has 0 spiro atoms. The molecular formula is C21H17N5O4S. The first kappa shape index (κ1) is 19.3. The molecule has 156 valence electrons. The van der Waals surface area contributed by atoms with Crippen LogP contribution in [0.5, 0.6) is 0 Å². The lowest BCUT2D eigenvalue weighted by Crippen LogP contribution is -2.25. The van der Waals surface area contributed by atoms with Gasteiger partial charge in [0.1, 0.15) is 0 Å². The summed E-state index contributed by atoms with van der Waals surface area (Å²) in [7, 11) is 0. The lowest BCUT2D eigenvalue weighted by atomic mass is 10.1. The summed E-state index contributed by atoms with van der Waals surface area (Å²) in [6, 6.07) is 12.8. The van der Waals surface area contributed by atoms with Gasteiger partial charge in [0.2, 0.25) is 5.91 Å². The van der Waals surface area contributed by atoms with E-state index in [4.69, 9.17) is 8.83 Å². The monoisotopic (exact) mass is 435 g/mol. The number of hydrogen-bond donors (Lipinski definition) is 2. The molecule has 0 unspecified atom stereocenters. The summed E-state index contributed by atoms with van der Waals surface area (Å²) in [5.41, 5.74) is 1.26. The zero-order valence-electron chi connectivity index (χ0n) is 16.2. The molecule has 10 heteroatoms. The van der Waals surface area contributed by atoms with Crippen LogP contribution in [0.25, 0.3) is 22.6 Å². The van der Waals surface area contributed by atoms with Crippen LogP contribution in [-0.2, 0) is 4.79 Å². The van der Waals surface area contributed by atoms with E-state index in [0.29, 0.717) is 21.9 Å². The third-order valence-electron chi connectivity index (χ3n) is 4.60. The first-order valence-electron chi connectivity index (χ1n) is 9.66. The van der Waals surface area contributed by atoms with Crippen molar-refractivity contribution in [3.8, 4) is 11.7 Å². The van der Waals surface area contributed by atoms with Crippen molar-refractivity contribution in [2.75, 3.05) is 11.1 Å². The minimum atomic E-state index is -0.335. The van der Waals surface area contributed by atoms with Crippen LogP contribution in [0.3, 0.4) is 0 Å². The van der Waals surface area contributed by atoms with E-state index in [2.05, 4.69) is 25.8 Å². The Hall–Kier alpha value is -3.66. The minimum Gasteiger partial charge on any atom is -0.459 e. The van der Waals surface area contributed by atoms with E-state index in [9.17, 15) is 9.59 Å². The molecule has 5 rings (SSSR count). The van der Waals surface area contributed by atoms with Crippen LogP contribution in [0, 0.1) is 0 Å². The van der Waals surface area contributed by atoms with Gasteiger partial charge in [0.05, 0.1) is 28.1 Å². The van der Waals surface area contributed by atoms with Gasteiger partial charge < -0.3 is 14.2 Å². The van der Waals surface area contributed by atoms with Crippen molar-refractivity contribution in [2.24, 2.45) is 0 Å². The Morgan fingerprint density at radius 3 is 2.81 bits per heavy atom. The van der Waals surface area contributed by atoms with Gasteiger partial charge in [-0.2, -0.15) is 0 Å². The van der Waals surface area contributed by atoms with Crippen molar-refractivity contribution in [2.45, 2.75) is 23.9 Å². The van der Waals surface area contributed by atoms with E-state index in [1.54, 1.807) is 18.2 Å². The summed E-state index contributed by atoms with van der Waals surface area (Å²) in [6.45, 7) is 0. The van der Waals surface area contributed by atoms with Crippen molar-refractivity contribution in [1.29, 1.82) is 0 Å². The first-order chi connectivity index (χ1) is 15.2. The number of fused-ring (bicyclic) bond motifs is 1. The highest BCUT2D eigenvalue weighted by atomic mass is 32.2. The second kappa shape index (κ2) is 8.23. The molecule has 0 bridgehead atoms. The Labute approximate surface area is 180 Å². The summed E-state index contributed by atoms with van der Waals surface area (Å²) >= 11 is 1.22. The molecule has 4 aromatic rings. The largest absolute Gasteiger partial charge is 0.459 e. The van der Waals surface area contributed by atoms with E-state index in [0.717, 1.165) is 18.2 Å². The van der Waals surface area contributed by atoms with Crippen molar-refractivity contribution < 1.29 is 18.4 Å². The summed E-state index contributed by atoms with van der Waals surface area (Å²) < 4.78 is 10.6. The smallest absolute Gasteiger partial charge is 0.322 e. The predicted molar refractivity (Wildman–Crippen MR) is 114 cm³/mol. The maximum atomic E-state index is 12.7. The van der Waals surface area contributed by atoms with Crippen molar-refractivity contribution in [3.05, 3.63) is 54.3 Å². The standard InChI is InChI=1S/C21H17N5O4S/c27-17(24-21-26-25-20(30-21)16-6-3-9-29-16)11-31-18-10-14(19(28)22-12-7-8-12)13-4-1-2-5-15(13)23-18/h1-6,9-10,12H,7-8,11H2,(H,22,28)(H,24,26,27). The van der Waals surface area contributed by atoms with Crippen LogP contribution >= 0.6 is 11.8 Å². The topological polar surface area (TPSA) is 123 Å². The highest BCUT2D eigenvalue weighted by Gasteiger charge is 2.25. The molecule has 1 saturated carbocycles. The average Bonchev–Trinajstić information content (AvgIpc) is 3.23. The Balaban J connectivity index is 1.28. The fourth-order valence-corrected chi connectivity index (χ4v) is 3.69. The number of benzene rings is 1. The van der Waals surface area contributed by atoms with Gasteiger partial charge >= 0.3 is 6.01 Å². The first-order valence-corrected chi connectivity index (χ1v) is 10.6. The Bertz CT molecular complexity index is 1250. The number of anilines is 1. The van der Waals surface area contributed by atoms with Crippen molar-refractivity contribution >= 4 is 40.5 Å². The number of para-hydroxylation sites is 1. The minimum absolute atomic E-state index is 0.0204. The molecule has 3 heterocycles. The number of aromatic nitrogens is 3. The van der Waals surface area contributed by atoms with Gasteiger partial charge in [0.15, 0.2) is 5.76 Å². The van der Waals surface area contributed by atoms with E-state index < -0.39 is 0 Å². The summed E-state index contributed by atoms with van der Waals surface area (Å²) in [6.07, 6.45) is 3.51. The molecule has 1 aliphatic rings. The van der Waals surface area contributed by atoms with Gasteiger partial charge in [0, 0.05) is 11.4 Å². The SMILES string of the molecule is O=C(CSc1cc(C(=O)NC2CC2)c2ccccc2n1)Nc1nnc(-c2ccco2)o1.